The molecule has 26 heavy (non-hydrogen) atoms. The van der Waals surface area contributed by atoms with Crippen molar-refractivity contribution in [3.05, 3.63) is 35.4 Å². The summed E-state index contributed by atoms with van der Waals surface area (Å²) in [4.78, 5) is 28.6. The number of carbonyl (C=O) groups is 3. The van der Waals surface area contributed by atoms with Crippen molar-refractivity contribution in [3.63, 3.8) is 0 Å². The number of carboxylic acids is 2. The van der Waals surface area contributed by atoms with Gasteiger partial charge < -0.3 is 45.6 Å². The SMILES string of the molecule is C=O.O=C(O)c1cc(O)c(O)c(O)c1.O=C(O)c1cc(O)c(O)c(O)c1. The van der Waals surface area contributed by atoms with E-state index in [1.165, 1.54) is 0 Å². The van der Waals surface area contributed by atoms with Crippen molar-refractivity contribution in [3.8, 4) is 34.5 Å². The first-order chi connectivity index (χ1) is 12.0. The molecule has 140 valence electrons. The fraction of sp³-hybridized carbons (Fsp3) is 0. The maximum absolute atomic E-state index is 10.3. The van der Waals surface area contributed by atoms with Gasteiger partial charge in [-0.05, 0) is 24.3 Å². The second-order valence-electron chi connectivity index (χ2n) is 4.34. The summed E-state index contributed by atoms with van der Waals surface area (Å²) in [7, 11) is 0. The predicted octanol–water partition coefficient (Wildman–Crippen LogP) is 0.818. The number of carbonyl (C=O) groups excluding carboxylic acids is 1. The predicted molar refractivity (Wildman–Crippen MR) is 83.9 cm³/mol. The maximum Gasteiger partial charge on any atom is 0.335 e. The van der Waals surface area contributed by atoms with Gasteiger partial charge in [-0.1, -0.05) is 0 Å². The highest BCUT2D eigenvalue weighted by Gasteiger charge is 2.12. The molecule has 0 aliphatic rings. The Labute approximate surface area is 144 Å². The number of carboxylic acid groups (broad SMARTS) is 2. The molecule has 0 amide bonds. The van der Waals surface area contributed by atoms with E-state index in [1.807, 2.05) is 6.79 Å². The zero-order valence-electron chi connectivity index (χ0n) is 12.8. The number of phenolic OH excluding ortho intramolecular Hbond substituents is 6. The number of hydrogen-bond acceptors (Lipinski definition) is 9. The Bertz CT molecular complexity index is 700. The molecule has 2 aromatic carbocycles. The Hall–Kier alpha value is -4.15. The van der Waals surface area contributed by atoms with E-state index >= 15 is 0 Å². The van der Waals surface area contributed by atoms with Gasteiger partial charge in [0.05, 0.1) is 11.1 Å². The molecule has 0 aliphatic heterocycles. The van der Waals surface area contributed by atoms with Crippen molar-refractivity contribution in [2.75, 3.05) is 0 Å². The van der Waals surface area contributed by atoms with Crippen molar-refractivity contribution < 1.29 is 55.2 Å². The standard InChI is InChI=1S/2C7H6O5.CH2O/c2*8-4-1-3(7(11)12)2-5(9)6(4)10;1-2/h2*1-2,8-10H,(H,11,12);1H2. The Kier molecular flexibility index (Phi) is 7.75. The first-order valence-corrected chi connectivity index (χ1v) is 6.30. The molecule has 0 radical (unpaired) electrons. The maximum atomic E-state index is 10.3. The second-order valence-corrected chi connectivity index (χ2v) is 4.34. The molecular weight excluding hydrogens is 356 g/mol. The van der Waals surface area contributed by atoms with Crippen LogP contribution >= 0.6 is 0 Å². The third-order valence-corrected chi connectivity index (χ3v) is 2.63. The van der Waals surface area contributed by atoms with E-state index in [2.05, 4.69) is 0 Å². The summed E-state index contributed by atoms with van der Waals surface area (Å²) in [5, 5.41) is 69.9. The van der Waals surface area contributed by atoms with E-state index in [0.29, 0.717) is 0 Å². The van der Waals surface area contributed by atoms with Crippen LogP contribution < -0.4 is 0 Å². The normalized spacial score (nSPS) is 9.08. The smallest absolute Gasteiger partial charge is 0.335 e. The molecule has 0 atom stereocenters. The van der Waals surface area contributed by atoms with Crippen LogP contribution in [0.3, 0.4) is 0 Å². The van der Waals surface area contributed by atoms with Crippen molar-refractivity contribution in [1.82, 2.24) is 0 Å². The fourth-order valence-electron chi connectivity index (χ4n) is 1.46. The lowest BCUT2D eigenvalue weighted by atomic mass is 10.2. The Balaban J connectivity index is 0.000000439. The number of aromatic hydroxyl groups is 6. The summed E-state index contributed by atoms with van der Waals surface area (Å²) in [5.41, 5.74) is -0.578. The minimum atomic E-state index is -1.29. The van der Waals surface area contributed by atoms with Crippen LogP contribution in [0.2, 0.25) is 0 Å². The largest absolute Gasteiger partial charge is 0.504 e. The Morgan fingerprint density at radius 2 is 0.769 bits per heavy atom. The molecule has 0 heterocycles. The molecule has 0 spiro atoms. The third-order valence-electron chi connectivity index (χ3n) is 2.63. The Morgan fingerprint density at radius 1 is 0.577 bits per heavy atom. The van der Waals surface area contributed by atoms with Gasteiger partial charge in [0.1, 0.15) is 6.79 Å². The van der Waals surface area contributed by atoms with Gasteiger partial charge in [0, 0.05) is 0 Å². The lowest BCUT2D eigenvalue weighted by molar-refractivity contribution is -0.0980. The lowest BCUT2D eigenvalue weighted by Gasteiger charge is -2.01. The molecule has 0 fully saturated rings. The third kappa shape index (κ3) is 5.49. The van der Waals surface area contributed by atoms with E-state index in [1.54, 1.807) is 0 Å². The molecule has 2 rings (SSSR count). The number of hydrogen-bond donors (Lipinski definition) is 8. The molecule has 0 saturated heterocycles. The zero-order chi connectivity index (χ0) is 20.6. The van der Waals surface area contributed by atoms with Gasteiger partial charge in [0.25, 0.3) is 0 Å². The topological polar surface area (TPSA) is 213 Å². The van der Waals surface area contributed by atoms with Crippen LogP contribution in [0.4, 0.5) is 0 Å². The van der Waals surface area contributed by atoms with Gasteiger partial charge in [-0.2, -0.15) is 0 Å². The quantitative estimate of drug-likeness (QED) is 0.346. The van der Waals surface area contributed by atoms with Gasteiger partial charge in [0.15, 0.2) is 34.5 Å². The zero-order valence-corrected chi connectivity index (χ0v) is 12.8. The van der Waals surface area contributed by atoms with Gasteiger partial charge in [-0.15, -0.1) is 0 Å². The molecule has 11 nitrogen and oxygen atoms in total. The number of benzene rings is 2. The summed E-state index contributed by atoms with van der Waals surface area (Å²) in [5.74, 6) is -6.67. The van der Waals surface area contributed by atoms with E-state index < -0.39 is 46.4 Å². The van der Waals surface area contributed by atoms with Gasteiger partial charge >= 0.3 is 11.9 Å². The first-order valence-electron chi connectivity index (χ1n) is 6.30. The van der Waals surface area contributed by atoms with Crippen LogP contribution in [0.25, 0.3) is 0 Å². The molecule has 0 aliphatic carbocycles. The molecule has 11 heteroatoms. The van der Waals surface area contributed by atoms with E-state index in [-0.39, 0.29) is 11.1 Å². The lowest BCUT2D eigenvalue weighted by Crippen LogP contribution is -1.95. The van der Waals surface area contributed by atoms with Crippen LogP contribution in [0.15, 0.2) is 24.3 Å². The van der Waals surface area contributed by atoms with Crippen LogP contribution in [0.5, 0.6) is 34.5 Å². The highest BCUT2D eigenvalue weighted by molar-refractivity contribution is 5.89. The fourth-order valence-corrected chi connectivity index (χ4v) is 1.46. The number of aromatic carboxylic acids is 2. The van der Waals surface area contributed by atoms with Crippen LogP contribution in [0.1, 0.15) is 20.7 Å². The highest BCUT2D eigenvalue weighted by atomic mass is 16.4. The van der Waals surface area contributed by atoms with E-state index in [0.717, 1.165) is 24.3 Å². The van der Waals surface area contributed by atoms with Crippen molar-refractivity contribution >= 4 is 18.7 Å². The van der Waals surface area contributed by atoms with Crippen molar-refractivity contribution in [2.45, 2.75) is 0 Å². The summed E-state index contributed by atoms with van der Waals surface area (Å²) in [6.45, 7) is 2.00. The van der Waals surface area contributed by atoms with E-state index in [4.69, 9.17) is 45.6 Å². The number of phenols is 6. The van der Waals surface area contributed by atoms with Crippen LogP contribution in [0, 0.1) is 0 Å². The van der Waals surface area contributed by atoms with Crippen molar-refractivity contribution in [1.29, 1.82) is 0 Å². The molecule has 0 unspecified atom stereocenters. The minimum Gasteiger partial charge on any atom is -0.504 e. The summed E-state index contributed by atoms with van der Waals surface area (Å²) in [6, 6.07) is 3.38. The number of rotatable bonds is 2. The molecule has 0 saturated carbocycles. The first kappa shape index (κ1) is 21.9. The minimum absolute atomic E-state index is 0.289. The van der Waals surface area contributed by atoms with Gasteiger partial charge in [-0.3, -0.25) is 0 Å². The van der Waals surface area contributed by atoms with E-state index in [9.17, 15) is 9.59 Å². The highest BCUT2D eigenvalue weighted by Crippen LogP contribution is 2.35. The monoisotopic (exact) mass is 370 g/mol. The van der Waals surface area contributed by atoms with Gasteiger partial charge in [0.2, 0.25) is 0 Å². The Morgan fingerprint density at radius 3 is 0.923 bits per heavy atom. The molecule has 0 aromatic heterocycles. The summed E-state index contributed by atoms with van der Waals surface area (Å²) in [6.07, 6.45) is 0. The van der Waals surface area contributed by atoms with Crippen LogP contribution in [-0.2, 0) is 4.79 Å². The summed E-state index contributed by atoms with van der Waals surface area (Å²) < 4.78 is 0. The summed E-state index contributed by atoms with van der Waals surface area (Å²) >= 11 is 0. The molecular formula is C15H14O11. The molecule has 2 aromatic rings. The molecule has 0 bridgehead atoms. The van der Waals surface area contributed by atoms with Crippen LogP contribution in [-0.4, -0.2) is 59.6 Å². The molecule has 8 N–H and O–H groups in total. The average Bonchev–Trinajstić information content (AvgIpc) is 2.58. The average molecular weight is 370 g/mol. The van der Waals surface area contributed by atoms with Crippen molar-refractivity contribution in [2.24, 2.45) is 0 Å². The second kappa shape index (κ2) is 9.22. The van der Waals surface area contributed by atoms with Gasteiger partial charge in [-0.25, -0.2) is 9.59 Å².